The minimum absolute atomic E-state index is 0.00667. The van der Waals surface area contributed by atoms with Gasteiger partial charge in [-0.15, -0.1) is 0 Å². The molecule has 4 nitrogen and oxygen atoms in total. The van der Waals surface area contributed by atoms with Gasteiger partial charge in [0.2, 0.25) is 5.91 Å². The molecule has 94 valence electrons. The summed E-state index contributed by atoms with van der Waals surface area (Å²) in [5.41, 5.74) is 1.56. The highest BCUT2D eigenvalue weighted by atomic mass is 16.3. The van der Waals surface area contributed by atoms with Crippen molar-refractivity contribution in [2.45, 2.75) is 19.4 Å². The number of rotatable bonds is 5. The summed E-state index contributed by atoms with van der Waals surface area (Å²) in [7, 11) is 0. The molecule has 18 heavy (non-hydrogen) atoms. The standard InChI is InChI=1S/C14H15NO3/c16-10-11-3-5-12(6-4-11)15-14(17)8-7-13-2-1-9-18-13/h1-6,9,16H,7-8,10H2,(H,15,17). The smallest absolute Gasteiger partial charge is 0.224 e. The summed E-state index contributed by atoms with van der Waals surface area (Å²) in [6.45, 7) is 0.00667. The Bertz CT molecular complexity index is 488. The van der Waals surface area contributed by atoms with E-state index < -0.39 is 0 Å². The van der Waals surface area contributed by atoms with Crippen molar-refractivity contribution in [1.82, 2.24) is 0 Å². The van der Waals surface area contributed by atoms with Crippen LogP contribution in [0.15, 0.2) is 47.1 Å². The second-order valence-corrected chi connectivity index (χ2v) is 3.98. The van der Waals surface area contributed by atoms with Crippen molar-refractivity contribution in [3.05, 3.63) is 54.0 Å². The number of hydrogen-bond donors (Lipinski definition) is 2. The molecule has 2 N–H and O–H groups in total. The van der Waals surface area contributed by atoms with E-state index in [9.17, 15) is 4.79 Å². The number of benzene rings is 1. The van der Waals surface area contributed by atoms with Crippen LogP contribution in [0.3, 0.4) is 0 Å². The van der Waals surface area contributed by atoms with Gasteiger partial charge in [0.05, 0.1) is 12.9 Å². The summed E-state index contributed by atoms with van der Waals surface area (Å²) in [5.74, 6) is 0.754. The molecule has 1 amide bonds. The number of amides is 1. The first-order valence-corrected chi connectivity index (χ1v) is 5.80. The molecule has 1 aromatic carbocycles. The average Bonchev–Trinajstić information content (AvgIpc) is 2.90. The van der Waals surface area contributed by atoms with Gasteiger partial charge in [-0.25, -0.2) is 0 Å². The van der Waals surface area contributed by atoms with Gasteiger partial charge >= 0.3 is 0 Å². The summed E-state index contributed by atoms with van der Waals surface area (Å²) >= 11 is 0. The van der Waals surface area contributed by atoms with Gasteiger partial charge in [-0.3, -0.25) is 4.79 Å². The Kier molecular flexibility index (Phi) is 4.15. The van der Waals surface area contributed by atoms with Crippen LogP contribution in [0.4, 0.5) is 5.69 Å². The minimum atomic E-state index is -0.0526. The van der Waals surface area contributed by atoms with Crippen LogP contribution < -0.4 is 5.32 Å². The van der Waals surface area contributed by atoms with Gasteiger partial charge < -0.3 is 14.8 Å². The normalized spacial score (nSPS) is 10.3. The fraction of sp³-hybridized carbons (Fsp3) is 0.214. The van der Waals surface area contributed by atoms with Crippen molar-refractivity contribution in [3.63, 3.8) is 0 Å². The predicted octanol–water partition coefficient (Wildman–Crippen LogP) is 2.34. The molecule has 4 heteroatoms. The van der Waals surface area contributed by atoms with Crippen LogP contribution in [0.1, 0.15) is 17.7 Å². The highest BCUT2D eigenvalue weighted by Gasteiger charge is 2.04. The van der Waals surface area contributed by atoms with Crippen LogP contribution in [0, 0.1) is 0 Å². The molecule has 0 aliphatic heterocycles. The molecular formula is C14H15NO3. The molecule has 2 rings (SSSR count). The predicted molar refractivity (Wildman–Crippen MR) is 68.0 cm³/mol. The van der Waals surface area contributed by atoms with Crippen molar-refractivity contribution < 1.29 is 14.3 Å². The lowest BCUT2D eigenvalue weighted by Crippen LogP contribution is -2.12. The summed E-state index contributed by atoms with van der Waals surface area (Å²) in [6, 6.07) is 10.8. The number of carbonyl (C=O) groups is 1. The van der Waals surface area contributed by atoms with Gasteiger partial charge in [-0.1, -0.05) is 12.1 Å². The highest BCUT2D eigenvalue weighted by molar-refractivity contribution is 5.90. The third kappa shape index (κ3) is 3.46. The molecule has 0 saturated heterocycles. The van der Waals surface area contributed by atoms with Crippen molar-refractivity contribution in [2.75, 3.05) is 5.32 Å². The fourth-order valence-electron chi connectivity index (χ4n) is 1.61. The quantitative estimate of drug-likeness (QED) is 0.849. The van der Waals surface area contributed by atoms with Crippen molar-refractivity contribution in [2.24, 2.45) is 0 Å². The molecule has 1 heterocycles. The van der Waals surface area contributed by atoms with E-state index in [4.69, 9.17) is 9.52 Å². The molecule has 0 fully saturated rings. The molecule has 2 aromatic rings. The Hall–Kier alpha value is -2.07. The summed E-state index contributed by atoms with van der Waals surface area (Å²) < 4.78 is 5.16. The van der Waals surface area contributed by atoms with Gasteiger partial charge in [0, 0.05) is 18.5 Å². The monoisotopic (exact) mass is 245 g/mol. The topological polar surface area (TPSA) is 62.5 Å². The molecule has 0 aliphatic carbocycles. The van der Waals surface area contributed by atoms with Crippen LogP contribution in [0.2, 0.25) is 0 Å². The first-order valence-electron chi connectivity index (χ1n) is 5.80. The van der Waals surface area contributed by atoms with Gasteiger partial charge in [-0.2, -0.15) is 0 Å². The fourth-order valence-corrected chi connectivity index (χ4v) is 1.61. The molecule has 0 bridgehead atoms. The Balaban J connectivity index is 1.83. The molecule has 0 atom stereocenters. The van der Waals surface area contributed by atoms with Gasteiger partial charge in [0.15, 0.2) is 0 Å². The zero-order chi connectivity index (χ0) is 12.8. The van der Waals surface area contributed by atoms with Gasteiger partial charge in [0.25, 0.3) is 0 Å². The zero-order valence-corrected chi connectivity index (χ0v) is 9.93. The number of aryl methyl sites for hydroxylation is 1. The number of anilines is 1. The van der Waals surface area contributed by atoms with Crippen molar-refractivity contribution in [3.8, 4) is 0 Å². The van der Waals surface area contributed by atoms with E-state index in [-0.39, 0.29) is 12.5 Å². The Morgan fingerprint density at radius 3 is 2.61 bits per heavy atom. The Morgan fingerprint density at radius 1 is 1.22 bits per heavy atom. The van der Waals surface area contributed by atoms with Crippen LogP contribution in [-0.2, 0) is 17.8 Å². The summed E-state index contributed by atoms with van der Waals surface area (Å²) in [4.78, 5) is 11.7. The van der Waals surface area contributed by atoms with E-state index in [1.54, 1.807) is 36.6 Å². The number of aliphatic hydroxyl groups is 1. The lowest BCUT2D eigenvalue weighted by atomic mass is 10.2. The van der Waals surface area contributed by atoms with E-state index in [0.29, 0.717) is 12.8 Å². The number of nitrogens with one attached hydrogen (secondary N) is 1. The third-order valence-corrected chi connectivity index (χ3v) is 2.60. The van der Waals surface area contributed by atoms with Crippen LogP contribution in [-0.4, -0.2) is 11.0 Å². The van der Waals surface area contributed by atoms with E-state index in [0.717, 1.165) is 17.0 Å². The van der Waals surface area contributed by atoms with Gasteiger partial charge in [-0.05, 0) is 29.8 Å². The lowest BCUT2D eigenvalue weighted by Gasteiger charge is -2.05. The van der Waals surface area contributed by atoms with E-state index in [2.05, 4.69) is 5.32 Å². The molecule has 0 radical (unpaired) electrons. The first-order chi connectivity index (χ1) is 8.78. The number of hydrogen-bond acceptors (Lipinski definition) is 3. The van der Waals surface area contributed by atoms with E-state index in [1.807, 2.05) is 6.07 Å². The number of furan rings is 1. The van der Waals surface area contributed by atoms with E-state index in [1.165, 1.54) is 0 Å². The molecule has 1 aromatic heterocycles. The maximum Gasteiger partial charge on any atom is 0.224 e. The molecule has 0 aliphatic rings. The molecule has 0 unspecified atom stereocenters. The number of aliphatic hydroxyl groups excluding tert-OH is 1. The first kappa shape index (κ1) is 12.4. The Morgan fingerprint density at radius 2 is 2.00 bits per heavy atom. The summed E-state index contributed by atoms with van der Waals surface area (Å²) in [6.07, 6.45) is 2.57. The van der Waals surface area contributed by atoms with Crippen LogP contribution in [0.25, 0.3) is 0 Å². The average molecular weight is 245 g/mol. The molecule has 0 saturated carbocycles. The maximum atomic E-state index is 11.7. The maximum absolute atomic E-state index is 11.7. The SMILES string of the molecule is O=C(CCc1ccco1)Nc1ccc(CO)cc1. The largest absolute Gasteiger partial charge is 0.469 e. The van der Waals surface area contributed by atoms with Crippen LogP contribution >= 0.6 is 0 Å². The molecular weight excluding hydrogens is 230 g/mol. The lowest BCUT2D eigenvalue weighted by molar-refractivity contribution is -0.116. The minimum Gasteiger partial charge on any atom is -0.469 e. The number of carbonyl (C=O) groups excluding carboxylic acids is 1. The Labute approximate surface area is 105 Å². The van der Waals surface area contributed by atoms with Crippen LogP contribution in [0.5, 0.6) is 0 Å². The highest BCUT2D eigenvalue weighted by Crippen LogP contribution is 2.11. The summed E-state index contributed by atoms with van der Waals surface area (Å²) in [5, 5.41) is 11.7. The third-order valence-electron chi connectivity index (χ3n) is 2.60. The van der Waals surface area contributed by atoms with Crippen molar-refractivity contribution in [1.29, 1.82) is 0 Å². The second kappa shape index (κ2) is 6.02. The zero-order valence-electron chi connectivity index (χ0n) is 9.93. The molecule has 0 spiro atoms. The van der Waals surface area contributed by atoms with E-state index >= 15 is 0 Å². The van der Waals surface area contributed by atoms with Crippen molar-refractivity contribution >= 4 is 11.6 Å². The van der Waals surface area contributed by atoms with Gasteiger partial charge in [0.1, 0.15) is 5.76 Å². The second-order valence-electron chi connectivity index (χ2n) is 3.98.